The fourth-order valence-corrected chi connectivity index (χ4v) is 3.03. The maximum Gasteiger partial charge on any atom is 0.265 e. The Hall–Kier alpha value is -1.01. The van der Waals surface area contributed by atoms with Crippen molar-refractivity contribution >= 4 is 17.4 Å². The van der Waals surface area contributed by atoms with Crippen LogP contribution in [0.3, 0.4) is 0 Å². The van der Waals surface area contributed by atoms with E-state index >= 15 is 0 Å². The zero-order chi connectivity index (χ0) is 13.1. The second kappa shape index (κ2) is 5.75. The molecule has 5 nitrogen and oxygen atoms in total. The molecule has 2 rings (SSSR count). The molecule has 2 unspecified atom stereocenters. The highest BCUT2D eigenvalue weighted by atomic mass is 32.1. The van der Waals surface area contributed by atoms with Crippen LogP contribution in [0.4, 0.5) is 0 Å². The van der Waals surface area contributed by atoms with Crippen molar-refractivity contribution in [2.24, 2.45) is 5.73 Å². The molecule has 2 atom stereocenters. The number of carbonyl (C=O) groups is 1. The van der Waals surface area contributed by atoms with Gasteiger partial charge in [-0.05, 0) is 30.3 Å². The average molecular weight is 268 g/mol. The Bertz CT molecular complexity index is 418. The number of hydrogen-bond acceptors (Lipinski definition) is 5. The molecule has 0 saturated heterocycles. The third-order valence-corrected chi connectivity index (χ3v) is 4.14. The molecule has 1 aromatic rings. The SMILES string of the molecule is CC(C)c1nnsc1C(=O)NC1CCCCC1N. The van der Waals surface area contributed by atoms with Gasteiger partial charge in [-0.1, -0.05) is 31.2 Å². The first-order valence-electron chi connectivity index (χ1n) is 6.48. The van der Waals surface area contributed by atoms with Crippen molar-refractivity contribution < 1.29 is 4.79 Å². The third-order valence-electron chi connectivity index (χ3n) is 3.40. The summed E-state index contributed by atoms with van der Waals surface area (Å²) in [6, 6.07) is 0.166. The average Bonchev–Trinajstić information content (AvgIpc) is 2.81. The first kappa shape index (κ1) is 13.4. The molecule has 18 heavy (non-hydrogen) atoms. The zero-order valence-corrected chi connectivity index (χ0v) is 11.7. The van der Waals surface area contributed by atoms with Gasteiger partial charge in [-0.3, -0.25) is 4.79 Å². The van der Waals surface area contributed by atoms with E-state index in [0.29, 0.717) is 4.88 Å². The minimum absolute atomic E-state index is 0.0731. The molecule has 0 bridgehead atoms. The predicted molar refractivity (Wildman–Crippen MR) is 71.7 cm³/mol. The summed E-state index contributed by atoms with van der Waals surface area (Å²) in [4.78, 5) is 12.8. The molecule has 0 aliphatic heterocycles. The highest BCUT2D eigenvalue weighted by molar-refractivity contribution is 7.08. The lowest BCUT2D eigenvalue weighted by Gasteiger charge is -2.29. The minimum atomic E-state index is -0.0731. The standard InChI is InChI=1S/C12H20N4OS/c1-7(2)10-11(18-16-15-10)12(17)14-9-6-4-3-5-8(9)13/h7-9H,3-6,13H2,1-2H3,(H,14,17). The van der Waals surface area contributed by atoms with Crippen LogP contribution < -0.4 is 11.1 Å². The van der Waals surface area contributed by atoms with Crippen molar-refractivity contribution in [1.82, 2.24) is 14.9 Å². The van der Waals surface area contributed by atoms with Crippen molar-refractivity contribution in [3.8, 4) is 0 Å². The summed E-state index contributed by atoms with van der Waals surface area (Å²) in [6.45, 7) is 4.03. The number of nitrogens with two attached hydrogens (primary N) is 1. The van der Waals surface area contributed by atoms with Crippen molar-refractivity contribution in [1.29, 1.82) is 0 Å². The molecule has 1 fully saturated rings. The maximum absolute atomic E-state index is 12.2. The summed E-state index contributed by atoms with van der Waals surface area (Å²) < 4.78 is 3.88. The topological polar surface area (TPSA) is 80.9 Å². The van der Waals surface area contributed by atoms with Crippen LogP contribution in [0.25, 0.3) is 0 Å². The van der Waals surface area contributed by atoms with Crippen molar-refractivity contribution in [2.45, 2.75) is 57.5 Å². The summed E-state index contributed by atoms with van der Waals surface area (Å²) in [7, 11) is 0. The Kier molecular flexibility index (Phi) is 4.29. The Balaban J connectivity index is 2.05. The Morgan fingerprint density at radius 2 is 2.17 bits per heavy atom. The Morgan fingerprint density at radius 3 is 2.83 bits per heavy atom. The smallest absolute Gasteiger partial charge is 0.265 e. The first-order chi connectivity index (χ1) is 8.59. The van der Waals surface area contributed by atoms with Gasteiger partial charge in [-0.15, -0.1) is 5.10 Å². The molecule has 6 heteroatoms. The largest absolute Gasteiger partial charge is 0.347 e. The number of nitrogens with zero attached hydrogens (tertiary/aromatic N) is 2. The molecular formula is C12H20N4OS. The highest BCUT2D eigenvalue weighted by Crippen LogP contribution is 2.21. The molecule has 1 heterocycles. The van der Waals surface area contributed by atoms with Gasteiger partial charge in [-0.25, -0.2) is 0 Å². The molecular weight excluding hydrogens is 248 g/mol. The van der Waals surface area contributed by atoms with E-state index in [-0.39, 0.29) is 23.9 Å². The molecule has 0 radical (unpaired) electrons. The van der Waals surface area contributed by atoms with E-state index in [4.69, 9.17) is 5.73 Å². The van der Waals surface area contributed by atoms with Crippen molar-refractivity contribution in [2.75, 3.05) is 0 Å². The molecule has 1 saturated carbocycles. The number of amides is 1. The normalized spacial score (nSPS) is 24.2. The van der Waals surface area contributed by atoms with Crippen LogP contribution in [-0.2, 0) is 0 Å². The van der Waals surface area contributed by atoms with Gasteiger partial charge in [0.15, 0.2) is 0 Å². The summed E-state index contributed by atoms with van der Waals surface area (Å²) in [5.74, 6) is 0.139. The van der Waals surface area contributed by atoms with Gasteiger partial charge in [0.1, 0.15) is 4.88 Å². The highest BCUT2D eigenvalue weighted by Gasteiger charge is 2.26. The first-order valence-corrected chi connectivity index (χ1v) is 7.25. The lowest BCUT2D eigenvalue weighted by Crippen LogP contribution is -2.49. The molecule has 3 N–H and O–H groups in total. The predicted octanol–water partition coefficient (Wildman–Crippen LogP) is 1.66. The van der Waals surface area contributed by atoms with Crippen LogP contribution in [0.5, 0.6) is 0 Å². The quantitative estimate of drug-likeness (QED) is 0.873. The molecule has 100 valence electrons. The van der Waals surface area contributed by atoms with Crippen LogP contribution >= 0.6 is 11.5 Å². The van der Waals surface area contributed by atoms with Crippen LogP contribution in [-0.4, -0.2) is 27.6 Å². The number of aromatic nitrogens is 2. The van der Waals surface area contributed by atoms with Crippen LogP contribution in [0.1, 0.15) is 60.8 Å². The Morgan fingerprint density at radius 1 is 1.44 bits per heavy atom. The lowest BCUT2D eigenvalue weighted by molar-refractivity contribution is 0.0924. The summed E-state index contributed by atoms with van der Waals surface area (Å²) in [6.07, 6.45) is 4.25. The minimum Gasteiger partial charge on any atom is -0.347 e. The zero-order valence-electron chi connectivity index (χ0n) is 10.8. The van der Waals surface area contributed by atoms with Gasteiger partial charge in [-0.2, -0.15) is 0 Å². The van der Waals surface area contributed by atoms with E-state index in [1.54, 1.807) is 0 Å². The molecule has 0 aromatic carbocycles. The molecule has 1 aliphatic carbocycles. The maximum atomic E-state index is 12.2. The van der Waals surface area contributed by atoms with Crippen LogP contribution in [0, 0.1) is 0 Å². The summed E-state index contributed by atoms with van der Waals surface area (Å²) in [5.41, 5.74) is 6.82. The fourth-order valence-electron chi connectivity index (χ4n) is 2.31. The number of rotatable bonds is 3. The second-order valence-electron chi connectivity index (χ2n) is 5.17. The van der Waals surface area contributed by atoms with E-state index in [0.717, 1.165) is 42.9 Å². The van der Waals surface area contributed by atoms with E-state index in [2.05, 4.69) is 14.9 Å². The van der Waals surface area contributed by atoms with E-state index in [1.807, 2.05) is 13.8 Å². The van der Waals surface area contributed by atoms with Crippen LogP contribution in [0.15, 0.2) is 0 Å². The molecule has 1 aliphatic rings. The molecule has 1 aromatic heterocycles. The van der Waals surface area contributed by atoms with Crippen molar-refractivity contribution in [3.63, 3.8) is 0 Å². The van der Waals surface area contributed by atoms with Gasteiger partial charge < -0.3 is 11.1 Å². The van der Waals surface area contributed by atoms with Crippen molar-refractivity contribution in [3.05, 3.63) is 10.6 Å². The van der Waals surface area contributed by atoms with E-state index < -0.39 is 0 Å². The third kappa shape index (κ3) is 2.87. The van der Waals surface area contributed by atoms with Gasteiger partial charge in [0.25, 0.3) is 5.91 Å². The monoisotopic (exact) mass is 268 g/mol. The number of nitrogens with one attached hydrogen (secondary N) is 1. The van der Waals surface area contributed by atoms with Gasteiger partial charge in [0.05, 0.1) is 5.69 Å². The summed E-state index contributed by atoms with van der Waals surface area (Å²) >= 11 is 1.16. The Labute approximate surface area is 111 Å². The number of hydrogen-bond donors (Lipinski definition) is 2. The fraction of sp³-hybridized carbons (Fsp3) is 0.750. The van der Waals surface area contributed by atoms with Gasteiger partial charge in [0, 0.05) is 12.1 Å². The lowest BCUT2D eigenvalue weighted by atomic mass is 9.91. The van der Waals surface area contributed by atoms with Crippen LogP contribution in [0.2, 0.25) is 0 Å². The molecule has 0 spiro atoms. The van der Waals surface area contributed by atoms with Gasteiger partial charge in [0.2, 0.25) is 0 Å². The van der Waals surface area contributed by atoms with E-state index in [9.17, 15) is 4.79 Å². The summed E-state index contributed by atoms with van der Waals surface area (Å²) in [5, 5.41) is 7.06. The number of carbonyl (C=O) groups excluding carboxylic acids is 1. The molecule has 1 amide bonds. The van der Waals surface area contributed by atoms with Gasteiger partial charge >= 0.3 is 0 Å². The van der Waals surface area contributed by atoms with E-state index in [1.165, 1.54) is 0 Å². The second-order valence-corrected chi connectivity index (χ2v) is 5.92.